The molecule has 0 aliphatic rings. The van der Waals surface area contributed by atoms with Gasteiger partial charge in [-0.2, -0.15) is 0 Å². The number of esters is 1. The molecule has 112 valence electrons. The minimum Gasteiger partial charge on any atom is -0.469 e. The number of rotatable bonds is 7. The second kappa shape index (κ2) is 7.41. The van der Waals surface area contributed by atoms with Gasteiger partial charge in [0.25, 0.3) is 0 Å². The predicted octanol–water partition coefficient (Wildman–Crippen LogP) is 2.81. The van der Waals surface area contributed by atoms with Crippen LogP contribution in [0.5, 0.6) is 0 Å². The van der Waals surface area contributed by atoms with Gasteiger partial charge < -0.3 is 14.2 Å². The first kappa shape index (κ1) is 16.7. The molecule has 1 aromatic carbocycles. The lowest BCUT2D eigenvalue weighted by atomic mass is 9.83. The molecule has 0 heterocycles. The highest BCUT2D eigenvalue weighted by atomic mass is 16.5. The summed E-state index contributed by atoms with van der Waals surface area (Å²) < 4.78 is 16.1. The smallest absolute Gasteiger partial charge is 0.313 e. The van der Waals surface area contributed by atoms with E-state index in [0.717, 1.165) is 5.56 Å². The molecule has 0 bridgehead atoms. The van der Waals surface area contributed by atoms with E-state index in [9.17, 15) is 4.79 Å². The van der Waals surface area contributed by atoms with Crippen LogP contribution in [0.1, 0.15) is 26.3 Å². The van der Waals surface area contributed by atoms with Crippen LogP contribution in [0, 0.1) is 5.41 Å². The van der Waals surface area contributed by atoms with Crippen LogP contribution in [-0.4, -0.2) is 32.4 Å². The van der Waals surface area contributed by atoms with E-state index in [0.29, 0.717) is 6.61 Å². The van der Waals surface area contributed by atoms with Crippen LogP contribution in [0.3, 0.4) is 0 Å². The molecule has 0 radical (unpaired) electrons. The van der Waals surface area contributed by atoms with Crippen molar-refractivity contribution in [3.63, 3.8) is 0 Å². The van der Waals surface area contributed by atoms with Crippen LogP contribution in [-0.2, 0) is 25.6 Å². The molecule has 4 heteroatoms. The molecule has 0 aliphatic heterocycles. The minimum atomic E-state index is -0.764. The van der Waals surface area contributed by atoms with Crippen LogP contribution in [0.15, 0.2) is 30.3 Å². The second-order valence-corrected chi connectivity index (χ2v) is 5.37. The maximum absolute atomic E-state index is 11.9. The molecule has 0 aliphatic carbocycles. The SMILES string of the molecule is COC(=O)C(C)(C)[C@@H](OC)[C@@H](C)OCc1ccccc1. The standard InChI is InChI=1S/C16H24O4/c1-12(20-11-13-9-7-6-8-10-13)14(18-4)16(2,3)15(17)19-5/h6-10,12,14H,11H2,1-5H3/t12-,14+/m1/s1. The number of hydrogen-bond acceptors (Lipinski definition) is 4. The van der Waals surface area contributed by atoms with Crippen molar-refractivity contribution in [2.24, 2.45) is 5.41 Å². The first-order chi connectivity index (χ1) is 9.43. The van der Waals surface area contributed by atoms with E-state index in [-0.39, 0.29) is 18.2 Å². The molecule has 20 heavy (non-hydrogen) atoms. The van der Waals surface area contributed by atoms with Crippen LogP contribution in [0.4, 0.5) is 0 Å². The highest BCUT2D eigenvalue weighted by molar-refractivity contribution is 5.76. The van der Waals surface area contributed by atoms with Gasteiger partial charge in [0, 0.05) is 7.11 Å². The summed E-state index contributed by atoms with van der Waals surface area (Å²) in [6, 6.07) is 9.90. The fraction of sp³-hybridized carbons (Fsp3) is 0.562. The molecule has 0 unspecified atom stereocenters. The van der Waals surface area contributed by atoms with Crippen LogP contribution in [0.25, 0.3) is 0 Å². The molecule has 0 saturated heterocycles. The van der Waals surface area contributed by atoms with E-state index in [2.05, 4.69) is 0 Å². The van der Waals surface area contributed by atoms with Gasteiger partial charge in [-0.1, -0.05) is 30.3 Å². The third kappa shape index (κ3) is 4.05. The molecular formula is C16H24O4. The Bertz CT molecular complexity index is 414. The summed E-state index contributed by atoms with van der Waals surface area (Å²) in [6.45, 7) is 5.99. The van der Waals surface area contributed by atoms with Gasteiger partial charge in [-0.25, -0.2) is 0 Å². The molecule has 0 fully saturated rings. The first-order valence-corrected chi connectivity index (χ1v) is 6.70. The average molecular weight is 280 g/mol. The van der Waals surface area contributed by atoms with Gasteiger partial charge in [-0.3, -0.25) is 4.79 Å². The van der Waals surface area contributed by atoms with Crippen molar-refractivity contribution in [1.82, 2.24) is 0 Å². The van der Waals surface area contributed by atoms with Crippen molar-refractivity contribution >= 4 is 5.97 Å². The number of benzene rings is 1. The van der Waals surface area contributed by atoms with E-state index in [1.807, 2.05) is 37.3 Å². The lowest BCUT2D eigenvalue weighted by Gasteiger charge is -2.34. The fourth-order valence-corrected chi connectivity index (χ4v) is 2.34. The molecule has 0 aromatic heterocycles. The van der Waals surface area contributed by atoms with Crippen molar-refractivity contribution in [2.45, 2.75) is 39.6 Å². The molecule has 0 amide bonds. The number of carbonyl (C=O) groups excluding carboxylic acids is 1. The Morgan fingerprint density at radius 1 is 1.20 bits per heavy atom. The lowest BCUT2D eigenvalue weighted by molar-refractivity contribution is -0.168. The maximum atomic E-state index is 11.9. The van der Waals surface area contributed by atoms with E-state index >= 15 is 0 Å². The first-order valence-electron chi connectivity index (χ1n) is 6.70. The molecule has 2 atom stereocenters. The number of carbonyl (C=O) groups is 1. The highest BCUT2D eigenvalue weighted by Crippen LogP contribution is 2.28. The van der Waals surface area contributed by atoms with E-state index < -0.39 is 5.41 Å². The Kier molecular flexibility index (Phi) is 6.17. The lowest BCUT2D eigenvalue weighted by Crippen LogP contribution is -2.46. The zero-order valence-electron chi connectivity index (χ0n) is 12.9. The third-order valence-corrected chi connectivity index (χ3v) is 3.46. The van der Waals surface area contributed by atoms with Crippen LogP contribution < -0.4 is 0 Å². The van der Waals surface area contributed by atoms with Gasteiger partial charge in [0.15, 0.2) is 0 Å². The van der Waals surface area contributed by atoms with Gasteiger partial charge in [-0.05, 0) is 26.3 Å². The topological polar surface area (TPSA) is 44.8 Å². The molecule has 1 rings (SSSR count). The Morgan fingerprint density at radius 2 is 1.80 bits per heavy atom. The second-order valence-electron chi connectivity index (χ2n) is 5.37. The summed E-state index contributed by atoms with van der Waals surface area (Å²) in [5.74, 6) is -0.306. The Morgan fingerprint density at radius 3 is 2.30 bits per heavy atom. The third-order valence-electron chi connectivity index (χ3n) is 3.46. The Labute approximate surface area is 121 Å². The summed E-state index contributed by atoms with van der Waals surface area (Å²) in [6.07, 6.45) is -0.604. The molecule has 0 N–H and O–H groups in total. The Hall–Kier alpha value is -1.39. The summed E-state index contributed by atoms with van der Waals surface area (Å²) in [4.78, 5) is 11.9. The van der Waals surface area contributed by atoms with Crippen LogP contribution in [0.2, 0.25) is 0 Å². The zero-order valence-corrected chi connectivity index (χ0v) is 12.9. The number of ether oxygens (including phenoxy) is 3. The van der Waals surface area contributed by atoms with E-state index in [4.69, 9.17) is 14.2 Å². The summed E-state index contributed by atoms with van der Waals surface area (Å²) in [7, 11) is 2.96. The monoisotopic (exact) mass is 280 g/mol. The van der Waals surface area contributed by atoms with Gasteiger partial charge >= 0.3 is 5.97 Å². The zero-order chi connectivity index (χ0) is 15.2. The largest absolute Gasteiger partial charge is 0.469 e. The molecular weight excluding hydrogens is 256 g/mol. The van der Waals surface area contributed by atoms with Crippen molar-refractivity contribution in [2.75, 3.05) is 14.2 Å². The molecule has 0 spiro atoms. The molecule has 4 nitrogen and oxygen atoms in total. The van der Waals surface area contributed by atoms with Gasteiger partial charge in [0.05, 0.1) is 31.3 Å². The Balaban J connectivity index is 2.67. The van der Waals surface area contributed by atoms with Crippen molar-refractivity contribution in [3.8, 4) is 0 Å². The molecule has 0 saturated carbocycles. The van der Waals surface area contributed by atoms with E-state index in [1.165, 1.54) is 7.11 Å². The van der Waals surface area contributed by atoms with Crippen molar-refractivity contribution in [1.29, 1.82) is 0 Å². The number of hydrogen-bond donors (Lipinski definition) is 0. The van der Waals surface area contributed by atoms with Crippen molar-refractivity contribution < 1.29 is 19.0 Å². The minimum absolute atomic E-state index is 0.227. The fourth-order valence-electron chi connectivity index (χ4n) is 2.34. The predicted molar refractivity (Wildman–Crippen MR) is 77.3 cm³/mol. The normalized spacial score (nSPS) is 14.7. The van der Waals surface area contributed by atoms with Gasteiger partial charge in [0.2, 0.25) is 0 Å². The summed E-state index contributed by atoms with van der Waals surface area (Å²) in [5, 5.41) is 0. The highest BCUT2D eigenvalue weighted by Gasteiger charge is 2.41. The van der Waals surface area contributed by atoms with Crippen LogP contribution >= 0.6 is 0 Å². The summed E-state index contributed by atoms with van der Waals surface area (Å²) >= 11 is 0. The average Bonchev–Trinajstić information content (AvgIpc) is 2.45. The van der Waals surface area contributed by atoms with Gasteiger partial charge in [0.1, 0.15) is 0 Å². The van der Waals surface area contributed by atoms with Crippen molar-refractivity contribution in [3.05, 3.63) is 35.9 Å². The summed E-state index contributed by atoms with van der Waals surface area (Å²) in [5.41, 5.74) is 0.324. The quantitative estimate of drug-likeness (QED) is 0.720. The molecule has 1 aromatic rings. The number of methoxy groups -OCH3 is 2. The van der Waals surface area contributed by atoms with Gasteiger partial charge in [-0.15, -0.1) is 0 Å². The maximum Gasteiger partial charge on any atom is 0.313 e. The van der Waals surface area contributed by atoms with E-state index in [1.54, 1.807) is 21.0 Å².